The summed E-state index contributed by atoms with van der Waals surface area (Å²) in [7, 11) is -3.27. The number of carbonyl (C=O) groups is 1. The Labute approximate surface area is 105 Å². The summed E-state index contributed by atoms with van der Waals surface area (Å²) in [5.41, 5.74) is 0.637. The second kappa shape index (κ2) is 6.46. The van der Waals surface area contributed by atoms with Crippen LogP contribution in [0, 0.1) is 5.82 Å². The van der Waals surface area contributed by atoms with Crippen molar-refractivity contribution in [1.29, 1.82) is 0 Å². The van der Waals surface area contributed by atoms with Crippen molar-refractivity contribution in [2.45, 2.75) is 6.42 Å². The van der Waals surface area contributed by atoms with E-state index in [9.17, 15) is 17.6 Å². The van der Waals surface area contributed by atoms with Gasteiger partial charge >= 0.3 is 5.97 Å². The summed E-state index contributed by atoms with van der Waals surface area (Å²) in [5, 5.41) is 0. The van der Waals surface area contributed by atoms with E-state index in [2.05, 4.69) is 4.72 Å². The van der Waals surface area contributed by atoms with Crippen molar-refractivity contribution in [1.82, 2.24) is 4.72 Å². The van der Waals surface area contributed by atoms with Gasteiger partial charge in [0, 0.05) is 6.54 Å². The molecule has 0 aliphatic carbocycles. The van der Waals surface area contributed by atoms with Gasteiger partial charge in [-0.15, -0.1) is 0 Å². The lowest BCUT2D eigenvalue weighted by atomic mass is 10.1. The second-order valence-corrected chi connectivity index (χ2v) is 5.52. The van der Waals surface area contributed by atoms with Crippen molar-refractivity contribution in [3.63, 3.8) is 0 Å². The Hall–Kier alpha value is -1.47. The molecule has 0 aliphatic rings. The Balaban J connectivity index is 2.28. The largest absolute Gasteiger partial charge is 0.464 e. The van der Waals surface area contributed by atoms with Gasteiger partial charge in [-0.3, -0.25) is 4.79 Å². The van der Waals surface area contributed by atoms with E-state index in [0.717, 1.165) is 6.26 Å². The number of hydrogen-bond acceptors (Lipinski definition) is 4. The molecular formula is C11H14FNO4S. The zero-order valence-corrected chi connectivity index (χ0v) is 10.7. The molecule has 0 aliphatic heterocycles. The highest BCUT2D eigenvalue weighted by molar-refractivity contribution is 7.88. The lowest BCUT2D eigenvalue weighted by molar-refractivity contribution is -0.142. The van der Waals surface area contributed by atoms with Gasteiger partial charge in [-0.2, -0.15) is 0 Å². The van der Waals surface area contributed by atoms with Crippen molar-refractivity contribution < 1.29 is 22.3 Å². The van der Waals surface area contributed by atoms with Gasteiger partial charge in [0.1, 0.15) is 12.4 Å². The number of halogens is 1. The molecular weight excluding hydrogens is 261 g/mol. The number of rotatable bonds is 6. The minimum atomic E-state index is -3.27. The van der Waals surface area contributed by atoms with Crippen LogP contribution < -0.4 is 4.72 Å². The van der Waals surface area contributed by atoms with Gasteiger partial charge in [0.15, 0.2) is 0 Å². The van der Waals surface area contributed by atoms with Crippen LogP contribution in [0.2, 0.25) is 0 Å². The normalized spacial score (nSPS) is 11.2. The molecule has 100 valence electrons. The molecule has 0 amide bonds. The van der Waals surface area contributed by atoms with Crippen LogP contribution >= 0.6 is 0 Å². The molecule has 0 saturated heterocycles. The van der Waals surface area contributed by atoms with Gasteiger partial charge in [-0.25, -0.2) is 17.5 Å². The number of esters is 1. The predicted molar refractivity (Wildman–Crippen MR) is 63.9 cm³/mol. The maximum absolute atomic E-state index is 12.6. The van der Waals surface area contributed by atoms with E-state index in [1.54, 1.807) is 0 Å². The Morgan fingerprint density at radius 1 is 1.33 bits per heavy atom. The maximum Gasteiger partial charge on any atom is 0.310 e. The predicted octanol–water partition coefficient (Wildman–Crippen LogP) is 0.461. The fraction of sp³-hybridized carbons (Fsp3) is 0.364. The third kappa shape index (κ3) is 6.31. The molecule has 5 nitrogen and oxygen atoms in total. The van der Waals surface area contributed by atoms with Gasteiger partial charge in [0.2, 0.25) is 10.0 Å². The third-order valence-electron chi connectivity index (χ3n) is 1.99. The quantitative estimate of drug-likeness (QED) is 0.605. The molecule has 0 atom stereocenters. The molecule has 0 saturated carbocycles. The first kappa shape index (κ1) is 14.6. The summed E-state index contributed by atoms with van der Waals surface area (Å²) in [4.78, 5) is 11.3. The van der Waals surface area contributed by atoms with E-state index in [1.165, 1.54) is 24.3 Å². The molecule has 1 rings (SSSR count). The SMILES string of the molecule is CS(=O)(=O)NCCOC(=O)Cc1ccc(F)cc1. The van der Waals surface area contributed by atoms with E-state index in [4.69, 9.17) is 4.74 Å². The van der Waals surface area contributed by atoms with Crippen molar-refractivity contribution in [3.05, 3.63) is 35.6 Å². The molecule has 0 unspecified atom stereocenters. The molecule has 1 aromatic carbocycles. The fourth-order valence-corrected chi connectivity index (χ4v) is 1.67. The van der Waals surface area contributed by atoms with Gasteiger partial charge < -0.3 is 4.74 Å². The van der Waals surface area contributed by atoms with Gasteiger partial charge in [-0.05, 0) is 17.7 Å². The van der Waals surface area contributed by atoms with Gasteiger partial charge in [-0.1, -0.05) is 12.1 Å². The molecule has 1 N–H and O–H groups in total. The maximum atomic E-state index is 12.6. The van der Waals surface area contributed by atoms with Crippen molar-refractivity contribution in [3.8, 4) is 0 Å². The van der Waals surface area contributed by atoms with Gasteiger partial charge in [0.05, 0.1) is 12.7 Å². The van der Waals surface area contributed by atoms with Crippen molar-refractivity contribution in [2.75, 3.05) is 19.4 Å². The number of nitrogens with one attached hydrogen (secondary N) is 1. The average Bonchev–Trinajstić information content (AvgIpc) is 2.26. The lowest BCUT2D eigenvalue weighted by Gasteiger charge is -2.05. The monoisotopic (exact) mass is 275 g/mol. The third-order valence-corrected chi connectivity index (χ3v) is 2.72. The summed E-state index contributed by atoms with van der Waals surface area (Å²) in [6.45, 7) is 0.00108. The highest BCUT2D eigenvalue weighted by atomic mass is 32.2. The van der Waals surface area contributed by atoms with Gasteiger partial charge in [0.25, 0.3) is 0 Å². The number of carbonyl (C=O) groups excluding carboxylic acids is 1. The number of sulfonamides is 1. The van der Waals surface area contributed by atoms with E-state index in [-0.39, 0.29) is 25.4 Å². The fourth-order valence-electron chi connectivity index (χ4n) is 1.21. The minimum Gasteiger partial charge on any atom is -0.464 e. The number of hydrogen-bond donors (Lipinski definition) is 1. The molecule has 0 spiro atoms. The molecule has 0 radical (unpaired) electrons. The van der Waals surface area contributed by atoms with E-state index in [0.29, 0.717) is 5.56 Å². The van der Waals surface area contributed by atoms with Crippen LogP contribution in [0.3, 0.4) is 0 Å². The molecule has 7 heteroatoms. The molecule has 0 heterocycles. The highest BCUT2D eigenvalue weighted by Gasteiger charge is 2.06. The number of ether oxygens (including phenoxy) is 1. The minimum absolute atomic E-state index is 0.0269. The smallest absolute Gasteiger partial charge is 0.310 e. The zero-order chi connectivity index (χ0) is 13.6. The van der Waals surface area contributed by atoms with Crippen LogP contribution in [-0.4, -0.2) is 33.8 Å². The first-order chi connectivity index (χ1) is 8.37. The van der Waals surface area contributed by atoms with E-state index < -0.39 is 16.0 Å². The van der Waals surface area contributed by atoms with Crippen LogP contribution in [0.1, 0.15) is 5.56 Å². The average molecular weight is 275 g/mol. The molecule has 0 bridgehead atoms. The highest BCUT2D eigenvalue weighted by Crippen LogP contribution is 2.04. The Kier molecular flexibility index (Phi) is 5.24. The molecule has 0 fully saturated rings. The number of benzene rings is 1. The Bertz CT molecular complexity index is 498. The lowest BCUT2D eigenvalue weighted by Crippen LogP contribution is -2.27. The van der Waals surface area contributed by atoms with Crippen LogP contribution in [0.15, 0.2) is 24.3 Å². The van der Waals surface area contributed by atoms with Crippen LogP contribution in [-0.2, 0) is 26.0 Å². The zero-order valence-electron chi connectivity index (χ0n) is 9.85. The second-order valence-electron chi connectivity index (χ2n) is 3.69. The van der Waals surface area contributed by atoms with E-state index >= 15 is 0 Å². The first-order valence-corrected chi connectivity index (χ1v) is 7.11. The molecule has 1 aromatic rings. The summed E-state index contributed by atoms with van der Waals surface area (Å²) < 4.78 is 41.0. The van der Waals surface area contributed by atoms with E-state index in [1.807, 2.05) is 0 Å². The van der Waals surface area contributed by atoms with Crippen LogP contribution in [0.4, 0.5) is 4.39 Å². The standard InChI is InChI=1S/C11H14FNO4S/c1-18(15,16)13-6-7-17-11(14)8-9-2-4-10(12)5-3-9/h2-5,13H,6-8H2,1H3. The summed E-state index contributed by atoms with van der Waals surface area (Å²) in [6.07, 6.45) is 1.05. The first-order valence-electron chi connectivity index (χ1n) is 5.21. The summed E-state index contributed by atoms with van der Waals surface area (Å²) >= 11 is 0. The van der Waals surface area contributed by atoms with Crippen molar-refractivity contribution >= 4 is 16.0 Å². The van der Waals surface area contributed by atoms with Crippen LogP contribution in [0.25, 0.3) is 0 Å². The Morgan fingerprint density at radius 3 is 2.50 bits per heavy atom. The molecule has 18 heavy (non-hydrogen) atoms. The van der Waals surface area contributed by atoms with Crippen molar-refractivity contribution in [2.24, 2.45) is 0 Å². The Morgan fingerprint density at radius 2 is 1.94 bits per heavy atom. The topological polar surface area (TPSA) is 72.5 Å². The summed E-state index contributed by atoms with van der Waals surface area (Å²) in [5.74, 6) is -0.860. The summed E-state index contributed by atoms with van der Waals surface area (Å²) in [6, 6.07) is 5.50. The molecule has 0 aromatic heterocycles. The van der Waals surface area contributed by atoms with Crippen LogP contribution in [0.5, 0.6) is 0 Å².